The SMILES string of the molecule is CN1CCn2c(c(C3CCCCC3)c3ccc(OC=O)cc32)-c2ccccc2C1. The number of benzene rings is 2. The van der Waals surface area contributed by atoms with E-state index in [1.54, 1.807) is 0 Å². The van der Waals surface area contributed by atoms with Gasteiger partial charge in [-0.2, -0.15) is 0 Å². The van der Waals surface area contributed by atoms with Crippen LogP contribution in [0.1, 0.15) is 49.1 Å². The molecule has 0 radical (unpaired) electrons. The van der Waals surface area contributed by atoms with Crippen LogP contribution in [0.4, 0.5) is 0 Å². The lowest BCUT2D eigenvalue weighted by Gasteiger charge is -2.27. The van der Waals surface area contributed by atoms with Crippen molar-refractivity contribution < 1.29 is 9.53 Å². The molecule has 0 unspecified atom stereocenters. The third kappa shape index (κ3) is 3.25. The molecule has 0 atom stereocenters. The van der Waals surface area contributed by atoms with Gasteiger partial charge in [-0.3, -0.25) is 4.79 Å². The molecule has 0 spiro atoms. The molecule has 0 amide bonds. The Morgan fingerprint density at radius 2 is 1.86 bits per heavy atom. The number of hydrogen-bond donors (Lipinski definition) is 0. The minimum absolute atomic E-state index is 0.517. The maximum Gasteiger partial charge on any atom is 0.298 e. The number of hydrogen-bond acceptors (Lipinski definition) is 3. The molecule has 5 rings (SSSR count). The number of carbonyl (C=O) groups excluding carboxylic acids is 1. The van der Waals surface area contributed by atoms with Crippen LogP contribution in [0.3, 0.4) is 0 Å². The summed E-state index contributed by atoms with van der Waals surface area (Å²) in [5.74, 6) is 1.22. The van der Waals surface area contributed by atoms with E-state index in [0.29, 0.717) is 18.1 Å². The highest BCUT2D eigenvalue weighted by atomic mass is 16.5. The second-order valence-electron chi connectivity index (χ2n) is 8.54. The summed E-state index contributed by atoms with van der Waals surface area (Å²) in [6, 6.07) is 15.0. The number of aromatic nitrogens is 1. The lowest BCUT2D eigenvalue weighted by Crippen LogP contribution is -2.25. The highest BCUT2D eigenvalue weighted by Gasteiger charge is 2.28. The number of nitrogens with zero attached hydrogens (tertiary/aromatic N) is 2. The zero-order valence-corrected chi connectivity index (χ0v) is 17.1. The smallest absolute Gasteiger partial charge is 0.298 e. The van der Waals surface area contributed by atoms with E-state index >= 15 is 0 Å². The van der Waals surface area contributed by atoms with Crippen LogP contribution in [-0.2, 0) is 17.9 Å². The van der Waals surface area contributed by atoms with Gasteiger partial charge in [0.25, 0.3) is 6.47 Å². The molecule has 150 valence electrons. The molecule has 2 heterocycles. The van der Waals surface area contributed by atoms with Gasteiger partial charge in [0, 0.05) is 36.7 Å². The van der Waals surface area contributed by atoms with Gasteiger partial charge in [0.15, 0.2) is 0 Å². The van der Waals surface area contributed by atoms with Gasteiger partial charge < -0.3 is 14.2 Å². The molecule has 1 fully saturated rings. The van der Waals surface area contributed by atoms with Crippen molar-refractivity contribution in [2.24, 2.45) is 0 Å². The van der Waals surface area contributed by atoms with Crippen LogP contribution in [0.15, 0.2) is 42.5 Å². The molecule has 3 aromatic rings. The first-order chi connectivity index (χ1) is 14.3. The third-order valence-corrected chi connectivity index (χ3v) is 6.69. The summed E-state index contributed by atoms with van der Waals surface area (Å²) in [5.41, 5.74) is 6.83. The second-order valence-corrected chi connectivity index (χ2v) is 8.54. The number of fused-ring (bicyclic) bond motifs is 5. The summed E-state index contributed by atoms with van der Waals surface area (Å²) in [7, 11) is 2.19. The first-order valence-corrected chi connectivity index (χ1v) is 10.8. The summed E-state index contributed by atoms with van der Waals surface area (Å²) in [5, 5.41) is 1.32. The van der Waals surface area contributed by atoms with Crippen molar-refractivity contribution in [2.75, 3.05) is 13.6 Å². The molecule has 1 aromatic heterocycles. The Labute approximate surface area is 172 Å². The zero-order valence-electron chi connectivity index (χ0n) is 17.1. The summed E-state index contributed by atoms with van der Waals surface area (Å²) in [6.45, 7) is 3.42. The number of likely N-dealkylation sites (N-methyl/N-ethyl adjacent to an activating group) is 1. The van der Waals surface area contributed by atoms with Gasteiger partial charge in [-0.25, -0.2) is 0 Å². The molecule has 29 heavy (non-hydrogen) atoms. The molecule has 4 heteroatoms. The molecule has 1 aliphatic heterocycles. The van der Waals surface area contributed by atoms with Gasteiger partial charge in [-0.05, 0) is 49.1 Å². The first-order valence-electron chi connectivity index (χ1n) is 10.8. The van der Waals surface area contributed by atoms with E-state index in [9.17, 15) is 4.79 Å². The molecule has 0 bridgehead atoms. The Morgan fingerprint density at radius 1 is 1.03 bits per heavy atom. The fourth-order valence-electron chi connectivity index (χ4n) is 5.34. The van der Waals surface area contributed by atoms with Crippen LogP contribution in [0, 0.1) is 0 Å². The predicted molar refractivity (Wildman–Crippen MR) is 116 cm³/mol. The van der Waals surface area contributed by atoms with Gasteiger partial charge in [0.1, 0.15) is 5.75 Å². The summed E-state index contributed by atoms with van der Waals surface area (Å²) < 4.78 is 7.68. The second kappa shape index (κ2) is 7.68. The van der Waals surface area contributed by atoms with Gasteiger partial charge in [-0.1, -0.05) is 43.5 Å². The van der Waals surface area contributed by atoms with Crippen molar-refractivity contribution in [2.45, 2.75) is 51.1 Å². The van der Waals surface area contributed by atoms with Crippen molar-refractivity contribution in [1.29, 1.82) is 0 Å². The average Bonchev–Trinajstić information content (AvgIpc) is 3.05. The quantitative estimate of drug-likeness (QED) is 0.568. The fraction of sp³-hybridized carbons (Fsp3) is 0.400. The molecule has 2 aliphatic rings. The summed E-state index contributed by atoms with van der Waals surface area (Å²) in [4.78, 5) is 13.3. The highest BCUT2D eigenvalue weighted by Crippen LogP contribution is 2.45. The van der Waals surface area contributed by atoms with E-state index in [4.69, 9.17) is 4.74 Å². The minimum Gasteiger partial charge on any atom is -0.429 e. The van der Waals surface area contributed by atoms with Crippen LogP contribution in [0.25, 0.3) is 22.2 Å². The zero-order chi connectivity index (χ0) is 19.8. The van der Waals surface area contributed by atoms with E-state index in [-0.39, 0.29) is 0 Å². The third-order valence-electron chi connectivity index (χ3n) is 6.69. The average molecular weight is 389 g/mol. The van der Waals surface area contributed by atoms with Crippen molar-refractivity contribution in [3.8, 4) is 17.0 Å². The lowest BCUT2D eigenvalue weighted by molar-refractivity contribution is -0.120. The standard InChI is InChI=1S/C25H28N2O2/c1-26-13-14-27-23-15-20(29-17-28)11-12-22(23)24(18-7-3-2-4-8-18)25(27)21-10-6-5-9-19(21)16-26/h5-6,9-12,15,17-18H,2-4,7-8,13-14,16H2,1H3. The van der Waals surface area contributed by atoms with E-state index in [0.717, 1.165) is 19.6 Å². The van der Waals surface area contributed by atoms with E-state index in [2.05, 4.69) is 46.8 Å². The summed E-state index contributed by atoms with van der Waals surface area (Å²) >= 11 is 0. The van der Waals surface area contributed by atoms with Gasteiger partial charge in [0.2, 0.25) is 0 Å². The van der Waals surface area contributed by atoms with Crippen molar-refractivity contribution in [3.05, 3.63) is 53.6 Å². The van der Waals surface area contributed by atoms with Crippen LogP contribution in [0.2, 0.25) is 0 Å². The Morgan fingerprint density at radius 3 is 2.69 bits per heavy atom. The molecule has 1 saturated carbocycles. The van der Waals surface area contributed by atoms with Crippen molar-refractivity contribution in [1.82, 2.24) is 9.47 Å². The maximum absolute atomic E-state index is 10.9. The lowest BCUT2D eigenvalue weighted by atomic mass is 9.81. The van der Waals surface area contributed by atoms with E-state index < -0.39 is 0 Å². The largest absolute Gasteiger partial charge is 0.429 e. The van der Waals surface area contributed by atoms with E-state index in [1.165, 1.54) is 65.4 Å². The highest BCUT2D eigenvalue weighted by molar-refractivity contribution is 5.94. The molecule has 1 aliphatic carbocycles. The number of ether oxygens (including phenoxy) is 1. The van der Waals surface area contributed by atoms with Crippen LogP contribution >= 0.6 is 0 Å². The Balaban J connectivity index is 1.81. The molecular weight excluding hydrogens is 360 g/mol. The summed E-state index contributed by atoms with van der Waals surface area (Å²) in [6.07, 6.45) is 6.51. The molecular formula is C25H28N2O2. The predicted octanol–water partition coefficient (Wildman–Crippen LogP) is 5.34. The normalized spacial score (nSPS) is 18.0. The minimum atomic E-state index is 0.517. The van der Waals surface area contributed by atoms with Crippen LogP contribution in [-0.4, -0.2) is 29.5 Å². The molecule has 2 aromatic carbocycles. The Kier molecular flexibility index (Phi) is 4.88. The van der Waals surface area contributed by atoms with Crippen molar-refractivity contribution in [3.63, 3.8) is 0 Å². The Bertz CT molecular complexity index is 1050. The van der Waals surface area contributed by atoms with E-state index in [1.807, 2.05) is 12.1 Å². The van der Waals surface area contributed by atoms with Crippen LogP contribution in [0.5, 0.6) is 5.75 Å². The van der Waals surface area contributed by atoms with Gasteiger partial charge in [0.05, 0.1) is 11.2 Å². The van der Waals surface area contributed by atoms with Crippen LogP contribution < -0.4 is 4.74 Å². The molecule has 0 saturated heterocycles. The maximum atomic E-state index is 10.9. The monoisotopic (exact) mass is 388 g/mol. The van der Waals surface area contributed by atoms with Gasteiger partial charge in [-0.15, -0.1) is 0 Å². The Hall–Kier alpha value is -2.59. The van der Waals surface area contributed by atoms with Crippen molar-refractivity contribution >= 4 is 17.4 Å². The van der Waals surface area contributed by atoms with Gasteiger partial charge >= 0.3 is 0 Å². The number of carbonyl (C=O) groups is 1. The first kappa shape index (κ1) is 18.4. The molecule has 0 N–H and O–H groups in total. The number of rotatable bonds is 3. The topological polar surface area (TPSA) is 34.5 Å². The fourth-order valence-corrected chi connectivity index (χ4v) is 5.34. The molecule has 4 nitrogen and oxygen atoms in total.